The molecule has 1 spiro atoms. The highest BCUT2D eigenvalue weighted by Crippen LogP contribution is 2.45. The summed E-state index contributed by atoms with van der Waals surface area (Å²) in [6.45, 7) is 2.02. The van der Waals surface area contributed by atoms with Crippen molar-refractivity contribution in [2.45, 2.75) is 45.1 Å². The molecular formula is C23H27FN2O2. The molecule has 2 aliphatic rings. The van der Waals surface area contributed by atoms with Crippen LogP contribution in [0.5, 0.6) is 0 Å². The number of rotatable bonds is 4. The largest absolute Gasteiger partial charge is 0.444 e. The minimum Gasteiger partial charge on any atom is -0.444 e. The average Bonchev–Trinajstić information content (AvgIpc) is 3.15. The van der Waals surface area contributed by atoms with Crippen molar-refractivity contribution < 1.29 is 13.9 Å². The molecule has 1 aliphatic heterocycles. The summed E-state index contributed by atoms with van der Waals surface area (Å²) in [5, 5.41) is 2.61. The Morgan fingerprint density at radius 1 is 1.07 bits per heavy atom. The molecule has 2 fully saturated rings. The number of hydrogen-bond donors (Lipinski definition) is 1. The minimum atomic E-state index is -0.584. The number of nitrogens with one attached hydrogen (secondary N) is 1. The highest BCUT2D eigenvalue weighted by Gasteiger charge is 2.38. The van der Waals surface area contributed by atoms with Gasteiger partial charge in [-0.1, -0.05) is 43.2 Å². The van der Waals surface area contributed by atoms with Crippen molar-refractivity contribution in [3.63, 3.8) is 0 Å². The molecule has 0 aromatic heterocycles. The third-order valence-electron chi connectivity index (χ3n) is 6.07. The van der Waals surface area contributed by atoms with Gasteiger partial charge in [-0.15, -0.1) is 0 Å². The van der Waals surface area contributed by atoms with Gasteiger partial charge in [-0.05, 0) is 54.9 Å². The standard InChI is InChI=1S/C23H27FN2O2/c24-20-15-19(25-22(27)28-16-18-7-2-1-3-8-18)9-10-21(20)26-14-6-13-23(17-26)11-4-5-12-23/h1-3,7-10,15H,4-6,11-14,16-17H2,(H,25,27). The second-order valence-corrected chi connectivity index (χ2v) is 8.09. The van der Waals surface area contributed by atoms with Crippen LogP contribution in [0.3, 0.4) is 0 Å². The molecule has 1 saturated carbocycles. The summed E-state index contributed by atoms with van der Waals surface area (Å²) < 4.78 is 20.0. The van der Waals surface area contributed by atoms with Gasteiger partial charge in [0.05, 0.1) is 5.69 Å². The molecule has 148 valence electrons. The molecule has 28 heavy (non-hydrogen) atoms. The van der Waals surface area contributed by atoms with Crippen LogP contribution in [0.15, 0.2) is 48.5 Å². The molecular weight excluding hydrogens is 355 g/mol. The number of amides is 1. The van der Waals surface area contributed by atoms with Crippen LogP contribution in [0.2, 0.25) is 0 Å². The predicted octanol–water partition coefficient (Wildman–Crippen LogP) is 5.74. The number of carbonyl (C=O) groups is 1. The summed E-state index contributed by atoms with van der Waals surface area (Å²) in [6.07, 6.45) is 6.91. The van der Waals surface area contributed by atoms with Gasteiger partial charge in [-0.25, -0.2) is 9.18 Å². The molecule has 4 nitrogen and oxygen atoms in total. The van der Waals surface area contributed by atoms with Crippen LogP contribution in [0.4, 0.5) is 20.6 Å². The maximum Gasteiger partial charge on any atom is 0.411 e. The average molecular weight is 382 g/mol. The van der Waals surface area contributed by atoms with Crippen LogP contribution in [0.1, 0.15) is 44.1 Å². The van der Waals surface area contributed by atoms with Crippen molar-refractivity contribution in [3.05, 3.63) is 59.9 Å². The van der Waals surface area contributed by atoms with Crippen LogP contribution in [-0.4, -0.2) is 19.2 Å². The second-order valence-electron chi connectivity index (χ2n) is 8.09. The van der Waals surface area contributed by atoms with Crippen molar-refractivity contribution in [2.24, 2.45) is 5.41 Å². The Labute approximate surface area is 165 Å². The zero-order valence-corrected chi connectivity index (χ0v) is 16.1. The summed E-state index contributed by atoms with van der Waals surface area (Å²) in [6, 6.07) is 14.4. The Balaban J connectivity index is 1.36. The van der Waals surface area contributed by atoms with Crippen molar-refractivity contribution in [3.8, 4) is 0 Å². The first-order chi connectivity index (χ1) is 13.6. The molecule has 0 atom stereocenters. The lowest BCUT2D eigenvalue weighted by Gasteiger charge is -2.41. The lowest BCUT2D eigenvalue weighted by Crippen LogP contribution is -2.42. The number of benzene rings is 2. The van der Waals surface area contributed by atoms with Gasteiger partial charge in [-0.2, -0.15) is 0 Å². The summed E-state index contributed by atoms with van der Waals surface area (Å²) in [5.41, 5.74) is 2.33. The molecule has 0 radical (unpaired) electrons. The Hall–Kier alpha value is -2.56. The fourth-order valence-electron chi connectivity index (χ4n) is 4.66. The van der Waals surface area contributed by atoms with Crippen LogP contribution in [-0.2, 0) is 11.3 Å². The first-order valence-corrected chi connectivity index (χ1v) is 10.2. The second kappa shape index (κ2) is 8.21. The number of carbonyl (C=O) groups excluding carboxylic acids is 1. The molecule has 2 aromatic rings. The molecule has 1 N–H and O–H groups in total. The molecule has 2 aromatic carbocycles. The van der Waals surface area contributed by atoms with E-state index in [2.05, 4.69) is 10.2 Å². The highest BCUT2D eigenvalue weighted by molar-refractivity contribution is 5.85. The SMILES string of the molecule is O=C(Nc1ccc(N2CCCC3(CCCC3)C2)c(F)c1)OCc1ccccc1. The van der Waals surface area contributed by atoms with Gasteiger partial charge in [0.25, 0.3) is 0 Å². The van der Waals surface area contributed by atoms with Crippen LogP contribution < -0.4 is 10.2 Å². The third-order valence-corrected chi connectivity index (χ3v) is 6.07. The van der Waals surface area contributed by atoms with E-state index in [1.165, 1.54) is 38.2 Å². The lowest BCUT2D eigenvalue weighted by molar-refractivity contribution is 0.155. The molecule has 1 amide bonds. The summed E-state index contributed by atoms with van der Waals surface area (Å²) in [4.78, 5) is 14.2. The molecule has 1 aliphatic carbocycles. The van der Waals surface area contributed by atoms with E-state index in [4.69, 9.17) is 4.74 Å². The van der Waals surface area contributed by atoms with Gasteiger partial charge in [0, 0.05) is 18.8 Å². The molecule has 0 unspecified atom stereocenters. The first kappa shape index (κ1) is 18.8. The van der Waals surface area contributed by atoms with Gasteiger partial charge in [0.1, 0.15) is 12.4 Å². The third kappa shape index (κ3) is 4.29. The number of nitrogens with zero attached hydrogens (tertiary/aromatic N) is 1. The van der Waals surface area contributed by atoms with Gasteiger partial charge >= 0.3 is 6.09 Å². The monoisotopic (exact) mass is 382 g/mol. The van der Waals surface area contributed by atoms with E-state index in [9.17, 15) is 9.18 Å². The van der Waals surface area contributed by atoms with E-state index >= 15 is 0 Å². The van der Waals surface area contributed by atoms with Crippen molar-refractivity contribution in [1.82, 2.24) is 0 Å². The molecule has 1 saturated heterocycles. The van der Waals surface area contributed by atoms with Gasteiger partial charge in [0.2, 0.25) is 0 Å². The van der Waals surface area contributed by atoms with Crippen molar-refractivity contribution in [2.75, 3.05) is 23.3 Å². The number of halogens is 1. The lowest BCUT2D eigenvalue weighted by atomic mass is 9.78. The van der Waals surface area contributed by atoms with Crippen LogP contribution in [0, 0.1) is 11.2 Å². The van der Waals surface area contributed by atoms with E-state index in [-0.39, 0.29) is 12.4 Å². The number of ether oxygens (including phenoxy) is 1. The smallest absolute Gasteiger partial charge is 0.411 e. The fraction of sp³-hybridized carbons (Fsp3) is 0.435. The van der Waals surface area contributed by atoms with Crippen molar-refractivity contribution >= 4 is 17.5 Å². The fourth-order valence-corrected chi connectivity index (χ4v) is 4.66. The molecule has 5 heteroatoms. The summed E-state index contributed by atoms with van der Waals surface area (Å²) >= 11 is 0. The van der Waals surface area contributed by atoms with E-state index in [1.807, 2.05) is 30.3 Å². The Morgan fingerprint density at radius 2 is 1.82 bits per heavy atom. The molecule has 4 rings (SSSR count). The van der Waals surface area contributed by atoms with Gasteiger partial charge in [-0.3, -0.25) is 5.32 Å². The zero-order chi connectivity index (χ0) is 19.4. The maximum atomic E-state index is 14.8. The van der Waals surface area contributed by atoms with Crippen LogP contribution in [0.25, 0.3) is 0 Å². The normalized spacial score (nSPS) is 18.2. The highest BCUT2D eigenvalue weighted by atomic mass is 19.1. The van der Waals surface area contributed by atoms with Gasteiger partial charge in [0.15, 0.2) is 0 Å². The molecule has 0 bridgehead atoms. The van der Waals surface area contributed by atoms with E-state index in [1.54, 1.807) is 12.1 Å². The first-order valence-electron chi connectivity index (χ1n) is 10.2. The topological polar surface area (TPSA) is 41.6 Å². The van der Waals surface area contributed by atoms with Gasteiger partial charge < -0.3 is 9.64 Å². The number of anilines is 2. The Kier molecular flexibility index (Phi) is 5.51. The number of piperidine rings is 1. The Morgan fingerprint density at radius 3 is 2.57 bits per heavy atom. The van der Waals surface area contributed by atoms with Crippen LogP contribution >= 0.6 is 0 Å². The number of hydrogen-bond acceptors (Lipinski definition) is 3. The van der Waals surface area contributed by atoms with E-state index in [0.717, 1.165) is 25.1 Å². The predicted molar refractivity (Wildman–Crippen MR) is 109 cm³/mol. The van der Waals surface area contributed by atoms with E-state index in [0.29, 0.717) is 16.8 Å². The summed E-state index contributed by atoms with van der Waals surface area (Å²) in [5.74, 6) is -0.295. The quantitative estimate of drug-likeness (QED) is 0.734. The zero-order valence-electron chi connectivity index (χ0n) is 16.1. The minimum absolute atomic E-state index is 0.184. The Bertz CT molecular complexity index is 819. The summed E-state index contributed by atoms with van der Waals surface area (Å²) in [7, 11) is 0. The van der Waals surface area contributed by atoms with E-state index < -0.39 is 6.09 Å². The van der Waals surface area contributed by atoms with Crippen molar-refractivity contribution in [1.29, 1.82) is 0 Å². The molecule has 1 heterocycles. The maximum absolute atomic E-state index is 14.8.